The van der Waals surface area contributed by atoms with Crippen LogP contribution in [0.15, 0.2) is 35.2 Å². The van der Waals surface area contributed by atoms with Gasteiger partial charge in [-0.1, -0.05) is 11.6 Å². The SMILES string of the molecule is Cc1cc(OCCNS(=O)(=O)c2ccc3c(c2)CC(=O)N3)cc(C)c1Cl. The van der Waals surface area contributed by atoms with Crippen LogP contribution in [0.1, 0.15) is 16.7 Å². The lowest BCUT2D eigenvalue weighted by Gasteiger charge is -2.11. The van der Waals surface area contributed by atoms with Gasteiger partial charge in [0.2, 0.25) is 15.9 Å². The van der Waals surface area contributed by atoms with Gasteiger partial charge in [0.05, 0.1) is 11.3 Å². The summed E-state index contributed by atoms with van der Waals surface area (Å²) in [4.78, 5) is 11.5. The molecule has 1 amide bonds. The van der Waals surface area contributed by atoms with Crippen molar-refractivity contribution in [1.82, 2.24) is 4.72 Å². The highest BCUT2D eigenvalue weighted by molar-refractivity contribution is 7.89. The Bertz CT molecular complexity index is 950. The van der Waals surface area contributed by atoms with Crippen LogP contribution in [0.4, 0.5) is 5.69 Å². The second-order valence-corrected chi connectivity index (χ2v) is 8.31. The standard InChI is InChI=1S/C18H19ClN2O4S/c1-11-7-14(8-12(2)18(11)19)25-6-5-20-26(23,24)15-3-4-16-13(9-15)10-17(22)21-16/h3-4,7-9,20H,5-6,10H2,1-2H3,(H,21,22). The minimum Gasteiger partial charge on any atom is -0.492 e. The van der Waals surface area contributed by atoms with E-state index in [-0.39, 0.29) is 30.4 Å². The summed E-state index contributed by atoms with van der Waals surface area (Å²) in [6.45, 7) is 4.08. The number of carbonyl (C=O) groups is 1. The van der Waals surface area contributed by atoms with E-state index in [0.717, 1.165) is 11.1 Å². The number of hydrogen-bond acceptors (Lipinski definition) is 4. The quantitative estimate of drug-likeness (QED) is 0.738. The summed E-state index contributed by atoms with van der Waals surface area (Å²) >= 11 is 6.12. The van der Waals surface area contributed by atoms with Crippen LogP contribution in [0.2, 0.25) is 5.02 Å². The number of carbonyl (C=O) groups excluding carboxylic acids is 1. The lowest BCUT2D eigenvalue weighted by molar-refractivity contribution is -0.115. The van der Waals surface area contributed by atoms with Gasteiger partial charge in [-0.05, 0) is 60.9 Å². The highest BCUT2D eigenvalue weighted by atomic mass is 35.5. The van der Waals surface area contributed by atoms with Gasteiger partial charge in [-0.25, -0.2) is 13.1 Å². The summed E-state index contributed by atoms with van der Waals surface area (Å²) in [5, 5.41) is 3.37. The van der Waals surface area contributed by atoms with Crippen molar-refractivity contribution in [3.8, 4) is 5.75 Å². The fourth-order valence-corrected chi connectivity index (χ4v) is 3.96. The fourth-order valence-electron chi connectivity index (χ4n) is 2.79. The maximum absolute atomic E-state index is 12.4. The Kier molecular flexibility index (Phi) is 5.22. The average Bonchev–Trinajstić information content (AvgIpc) is 2.95. The van der Waals surface area contributed by atoms with Gasteiger partial charge in [0.25, 0.3) is 0 Å². The molecule has 0 aromatic heterocycles. The molecule has 1 heterocycles. The van der Waals surface area contributed by atoms with Crippen molar-refractivity contribution in [1.29, 1.82) is 0 Å². The third kappa shape index (κ3) is 4.00. The highest BCUT2D eigenvalue weighted by Gasteiger charge is 2.21. The van der Waals surface area contributed by atoms with E-state index in [1.807, 2.05) is 26.0 Å². The van der Waals surface area contributed by atoms with Crippen molar-refractivity contribution >= 4 is 33.2 Å². The number of amides is 1. The van der Waals surface area contributed by atoms with Gasteiger partial charge in [0.15, 0.2) is 0 Å². The minimum atomic E-state index is -3.67. The summed E-state index contributed by atoms with van der Waals surface area (Å²) in [6.07, 6.45) is 0.192. The van der Waals surface area contributed by atoms with Crippen LogP contribution in [-0.4, -0.2) is 27.5 Å². The molecule has 3 rings (SSSR count). The van der Waals surface area contributed by atoms with Gasteiger partial charge >= 0.3 is 0 Å². The summed E-state index contributed by atoms with van der Waals surface area (Å²) in [6, 6.07) is 8.22. The van der Waals surface area contributed by atoms with Gasteiger partial charge in [0, 0.05) is 17.3 Å². The lowest BCUT2D eigenvalue weighted by Crippen LogP contribution is -2.28. The summed E-state index contributed by atoms with van der Waals surface area (Å²) in [5.41, 5.74) is 3.15. The molecule has 1 aliphatic heterocycles. The summed E-state index contributed by atoms with van der Waals surface area (Å²) in [5.74, 6) is 0.509. The molecule has 0 atom stereocenters. The van der Waals surface area contributed by atoms with Gasteiger partial charge in [0.1, 0.15) is 12.4 Å². The van der Waals surface area contributed by atoms with Crippen LogP contribution in [0.25, 0.3) is 0 Å². The van der Waals surface area contributed by atoms with E-state index in [2.05, 4.69) is 10.0 Å². The second-order valence-electron chi connectivity index (χ2n) is 6.16. The number of ether oxygens (including phenoxy) is 1. The summed E-state index contributed by atoms with van der Waals surface area (Å²) in [7, 11) is -3.67. The highest BCUT2D eigenvalue weighted by Crippen LogP contribution is 2.26. The predicted molar refractivity (Wildman–Crippen MR) is 100 cm³/mol. The molecule has 0 saturated carbocycles. The van der Waals surface area contributed by atoms with E-state index in [0.29, 0.717) is 22.0 Å². The maximum atomic E-state index is 12.4. The molecule has 2 aromatic carbocycles. The topological polar surface area (TPSA) is 84.5 Å². The third-order valence-electron chi connectivity index (χ3n) is 4.08. The first-order chi connectivity index (χ1) is 12.3. The molecule has 8 heteroatoms. The number of anilines is 1. The Labute approximate surface area is 157 Å². The van der Waals surface area contributed by atoms with E-state index in [1.54, 1.807) is 6.07 Å². The molecule has 0 fully saturated rings. The van der Waals surface area contributed by atoms with Gasteiger partial charge in [-0.2, -0.15) is 0 Å². The molecule has 1 aliphatic rings. The van der Waals surface area contributed by atoms with Crippen molar-refractivity contribution in [2.45, 2.75) is 25.2 Å². The molecule has 0 bridgehead atoms. The molecular weight excluding hydrogens is 376 g/mol. The number of sulfonamides is 1. The smallest absolute Gasteiger partial charge is 0.240 e. The minimum absolute atomic E-state index is 0.122. The monoisotopic (exact) mass is 394 g/mol. The average molecular weight is 395 g/mol. The van der Waals surface area contributed by atoms with Crippen molar-refractivity contribution in [3.63, 3.8) is 0 Å². The normalized spacial score (nSPS) is 13.4. The van der Waals surface area contributed by atoms with Crippen molar-refractivity contribution in [3.05, 3.63) is 52.0 Å². The molecule has 26 heavy (non-hydrogen) atoms. The zero-order valence-corrected chi connectivity index (χ0v) is 16.0. The molecule has 0 saturated heterocycles. The van der Waals surface area contributed by atoms with Crippen LogP contribution in [0.3, 0.4) is 0 Å². The summed E-state index contributed by atoms with van der Waals surface area (Å²) < 4.78 is 32.9. The fraction of sp³-hybridized carbons (Fsp3) is 0.278. The van der Waals surface area contributed by atoms with Crippen LogP contribution >= 0.6 is 11.6 Å². The molecule has 0 unspecified atom stereocenters. The Morgan fingerprint density at radius 1 is 1.19 bits per heavy atom. The Morgan fingerprint density at radius 3 is 2.58 bits per heavy atom. The molecule has 0 aliphatic carbocycles. The van der Waals surface area contributed by atoms with E-state index in [9.17, 15) is 13.2 Å². The molecule has 6 nitrogen and oxygen atoms in total. The molecule has 2 N–H and O–H groups in total. The molecular formula is C18H19ClN2O4S. The number of fused-ring (bicyclic) bond motifs is 1. The number of nitrogens with one attached hydrogen (secondary N) is 2. The van der Waals surface area contributed by atoms with Crippen molar-refractivity contribution in [2.24, 2.45) is 0 Å². The second kappa shape index (κ2) is 7.26. The zero-order valence-electron chi connectivity index (χ0n) is 14.4. The predicted octanol–water partition coefficient (Wildman–Crippen LogP) is 2.81. The Morgan fingerprint density at radius 2 is 1.88 bits per heavy atom. The van der Waals surface area contributed by atoms with Crippen molar-refractivity contribution in [2.75, 3.05) is 18.5 Å². The number of benzene rings is 2. The zero-order chi connectivity index (χ0) is 18.9. The van der Waals surface area contributed by atoms with Crippen LogP contribution in [0, 0.1) is 13.8 Å². The molecule has 138 valence electrons. The first kappa shape index (κ1) is 18.7. The first-order valence-electron chi connectivity index (χ1n) is 8.08. The van der Waals surface area contributed by atoms with Gasteiger partial charge in [-0.15, -0.1) is 0 Å². The van der Waals surface area contributed by atoms with Gasteiger partial charge < -0.3 is 10.1 Å². The molecule has 2 aromatic rings. The number of aryl methyl sites for hydroxylation is 2. The van der Waals surface area contributed by atoms with E-state index < -0.39 is 10.0 Å². The van der Waals surface area contributed by atoms with Crippen molar-refractivity contribution < 1.29 is 17.9 Å². The largest absolute Gasteiger partial charge is 0.492 e. The third-order valence-corrected chi connectivity index (χ3v) is 6.14. The first-order valence-corrected chi connectivity index (χ1v) is 9.94. The van der Waals surface area contributed by atoms with E-state index >= 15 is 0 Å². The lowest BCUT2D eigenvalue weighted by atomic mass is 10.1. The van der Waals surface area contributed by atoms with Crippen LogP contribution < -0.4 is 14.8 Å². The number of hydrogen-bond donors (Lipinski definition) is 2. The van der Waals surface area contributed by atoms with Gasteiger partial charge in [-0.3, -0.25) is 4.79 Å². The van der Waals surface area contributed by atoms with E-state index in [4.69, 9.17) is 16.3 Å². The number of halogens is 1. The Balaban J connectivity index is 1.59. The Hall–Kier alpha value is -2.09. The van der Waals surface area contributed by atoms with E-state index in [1.165, 1.54) is 12.1 Å². The maximum Gasteiger partial charge on any atom is 0.240 e. The molecule has 0 spiro atoms. The molecule has 0 radical (unpaired) electrons. The van der Waals surface area contributed by atoms with Crippen LogP contribution in [0.5, 0.6) is 5.75 Å². The van der Waals surface area contributed by atoms with Crippen LogP contribution in [-0.2, 0) is 21.2 Å². The number of rotatable bonds is 6.